The molecule has 0 spiro atoms. The van der Waals surface area contributed by atoms with Gasteiger partial charge in [-0.3, -0.25) is 10.1 Å². The molecule has 1 saturated heterocycles. The third kappa shape index (κ3) is 4.36. The maximum atomic E-state index is 13.2. The van der Waals surface area contributed by atoms with Crippen molar-refractivity contribution < 1.29 is 18.0 Å². The van der Waals surface area contributed by atoms with Gasteiger partial charge in [0.2, 0.25) is 0 Å². The summed E-state index contributed by atoms with van der Waals surface area (Å²) in [6.07, 6.45) is -2.55. The lowest BCUT2D eigenvalue weighted by atomic mass is 10.1. The highest BCUT2D eigenvalue weighted by Gasteiger charge is 2.32. The van der Waals surface area contributed by atoms with Crippen LogP contribution in [0.15, 0.2) is 36.4 Å². The highest BCUT2D eigenvalue weighted by atomic mass is 32.1. The van der Waals surface area contributed by atoms with E-state index in [4.69, 9.17) is 12.2 Å². The van der Waals surface area contributed by atoms with Crippen LogP contribution in [0.4, 0.5) is 24.5 Å². The van der Waals surface area contributed by atoms with Crippen LogP contribution in [0.25, 0.3) is 11.0 Å². The fraction of sp³-hybridized carbons (Fsp3) is 0.263. The molecule has 0 bridgehead atoms. The van der Waals surface area contributed by atoms with E-state index in [0.29, 0.717) is 22.3 Å². The monoisotopic (exact) mass is 451 g/mol. The quantitative estimate of drug-likeness (QED) is 0.574. The second-order valence-electron chi connectivity index (χ2n) is 6.80. The molecule has 2 N–H and O–H groups in total. The zero-order valence-corrected chi connectivity index (χ0v) is 17.1. The number of fused-ring (bicyclic) bond motifs is 1. The molecule has 2 heterocycles. The lowest BCUT2D eigenvalue weighted by molar-refractivity contribution is -0.137. The Hall–Kier alpha value is -2.79. The fourth-order valence-electron chi connectivity index (χ4n) is 3.30. The molecule has 6 nitrogen and oxygen atoms in total. The first-order chi connectivity index (χ1) is 14.3. The average molecular weight is 451 g/mol. The van der Waals surface area contributed by atoms with Crippen LogP contribution in [0, 0.1) is 0 Å². The standard InChI is InChI=1S/C19H16F3N5OS2/c20-19(21,22)12-4-6-16(27-7-1-2-8-27)15(10-12)23-18(29)24-17(28)11-3-5-13-14(9-11)26-30-25-13/h3-6,9-10H,1-2,7-8H2,(H2,23,24,28,29). The molecule has 1 aromatic heterocycles. The van der Waals surface area contributed by atoms with Gasteiger partial charge in [-0.05, 0) is 61.5 Å². The van der Waals surface area contributed by atoms with E-state index in [-0.39, 0.29) is 10.8 Å². The molecular formula is C19H16F3N5OS2. The minimum atomic E-state index is -4.48. The first-order valence-corrected chi connectivity index (χ1v) is 10.3. The van der Waals surface area contributed by atoms with Gasteiger partial charge in [-0.1, -0.05) is 0 Å². The number of carbonyl (C=O) groups excluding carboxylic acids is 1. The summed E-state index contributed by atoms with van der Waals surface area (Å²) in [6.45, 7) is 1.50. The topological polar surface area (TPSA) is 70.2 Å². The van der Waals surface area contributed by atoms with Gasteiger partial charge in [-0.2, -0.15) is 21.9 Å². The number of benzene rings is 2. The Morgan fingerprint density at radius 3 is 2.53 bits per heavy atom. The number of anilines is 2. The van der Waals surface area contributed by atoms with Crippen molar-refractivity contribution in [2.24, 2.45) is 0 Å². The van der Waals surface area contributed by atoms with Crippen molar-refractivity contribution in [2.45, 2.75) is 19.0 Å². The molecular weight excluding hydrogens is 435 g/mol. The van der Waals surface area contributed by atoms with Gasteiger partial charge >= 0.3 is 6.18 Å². The number of amides is 1. The Balaban J connectivity index is 1.54. The van der Waals surface area contributed by atoms with Crippen LogP contribution in [-0.4, -0.2) is 32.9 Å². The summed E-state index contributed by atoms with van der Waals surface area (Å²) in [5.74, 6) is -0.489. The second kappa shape index (κ2) is 8.15. The molecule has 11 heteroatoms. The van der Waals surface area contributed by atoms with E-state index in [1.54, 1.807) is 18.2 Å². The molecule has 1 amide bonds. The zero-order chi connectivity index (χ0) is 21.3. The van der Waals surface area contributed by atoms with E-state index in [2.05, 4.69) is 19.4 Å². The normalized spacial score (nSPS) is 14.2. The van der Waals surface area contributed by atoms with Gasteiger partial charge in [0, 0.05) is 18.7 Å². The van der Waals surface area contributed by atoms with Crippen molar-refractivity contribution in [3.8, 4) is 0 Å². The van der Waals surface area contributed by atoms with Gasteiger partial charge in [0.1, 0.15) is 11.0 Å². The van der Waals surface area contributed by atoms with Gasteiger partial charge in [-0.25, -0.2) is 0 Å². The van der Waals surface area contributed by atoms with Crippen molar-refractivity contribution >= 4 is 57.4 Å². The Kier molecular flexibility index (Phi) is 5.56. The number of aromatic nitrogens is 2. The molecule has 0 unspecified atom stereocenters. The third-order valence-electron chi connectivity index (χ3n) is 4.76. The van der Waals surface area contributed by atoms with Crippen LogP contribution in [0.2, 0.25) is 0 Å². The number of nitrogens with zero attached hydrogens (tertiary/aromatic N) is 3. The van der Waals surface area contributed by atoms with Crippen LogP contribution < -0.4 is 15.5 Å². The van der Waals surface area contributed by atoms with Gasteiger partial charge < -0.3 is 10.2 Å². The number of hydrogen-bond acceptors (Lipinski definition) is 6. The van der Waals surface area contributed by atoms with Crippen molar-refractivity contribution in [1.29, 1.82) is 0 Å². The van der Waals surface area contributed by atoms with Crippen molar-refractivity contribution in [3.05, 3.63) is 47.5 Å². The largest absolute Gasteiger partial charge is 0.416 e. The Labute approximate surface area is 179 Å². The van der Waals surface area contributed by atoms with Crippen LogP contribution in [0.3, 0.4) is 0 Å². The number of rotatable bonds is 3. The molecule has 4 rings (SSSR count). The SMILES string of the molecule is O=C(NC(=S)Nc1cc(C(F)(F)F)ccc1N1CCCC1)c1ccc2nsnc2c1. The first-order valence-electron chi connectivity index (χ1n) is 9.12. The second-order valence-corrected chi connectivity index (χ2v) is 7.74. The molecule has 1 fully saturated rings. The predicted octanol–water partition coefficient (Wildman–Crippen LogP) is 4.44. The van der Waals surface area contributed by atoms with E-state index in [1.165, 1.54) is 6.07 Å². The number of nitrogens with one attached hydrogen (secondary N) is 2. The van der Waals surface area contributed by atoms with Gasteiger partial charge in [0.15, 0.2) is 5.11 Å². The Bertz CT molecular complexity index is 1110. The molecule has 0 saturated carbocycles. The molecule has 0 atom stereocenters. The molecule has 3 aromatic rings. The molecule has 2 aromatic carbocycles. The molecule has 1 aliphatic heterocycles. The molecule has 1 aliphatic rings. The van der Waals surface area contributed by atoms with Crippen molar-refractivity contribution in [1.82, 2.24) is 14.1 Å². The highest BCUT2D eigenvalue weighted by Crippen LogP contribution is 2.36. The minimum absolute atomic E-state index is 0.0868. The van der Waals surface area contributed by atoms with E-state index in [0.717, 1.165) is 49.8 Å². The van der Waals surface area contributed by atoms with Crippen LogP contribution in [-0.2, 0) is 6.18 Å². The van der Waals surface area contributed by atoms with Crippen LogP contribution in [0.1, 0.15) is 28.8 Å². The van der Waals surface area contributed by atoms with Crippen LogP contribution >= 0.6 is 23.9 Å². The number of thiocarbonyl (C=S) groups is 1. The maximum absolute atomic E-state index is 13.2. The maximum Gasteiger partial charge on any atom is 0.416 e. The van der Waals surface area contributed by atoms with Gasteiger partial charge in [0.25, 0.3) is 5.91 Å². The highest BCUT2D eigenvalue weighted by molar-refractivity contribution is 7.80. The summed E-state index contributed by atoms with van der Waals surface area (Å²) >= 11 is 6.23. The summed E-state index contributed by atoms with van der Waals surface area (Å²) in [7, 11) is 0. The van der Waals surface area contributed by atoms with Gasteiger partial charge in [-0.15, -0.1) is 0 Å². The van der Waals surface area contributed by atoms with E-state index in [9.17, 15) is 18.0 Å². The van der Waals surface area contributed by atoms with Crippen LogP contribution in [0.5, 0.6) is 0 Å². The number of halogens is 3. The minimum Gasteiger partial charge on any atom is -0.370 e. The van der Waals surface area contributed by atoms with Crippen molar-refractivity contribution in [2.75, 3.05) is 23.3 Å². The summed E-state index contributed by atoms with van der Waals surface area (Å²) < 4.78 is 47.7. The summed E-state index contributed by atoms with van der Waals surface area (Å²) in [4.78, 5) is 14.5. The van der Waals surface area contributed by atoms with E-state index < -0.39 is 17.6 Å². The molecule has 156 valence electrons. The first kappa shape index (κ1) is 20.5. The number of hydrogen-bond donors (Lipinski definition) is 2. The number of alkyl halides is 3. The van der Waals surface area contributed by atoms with E-state index in [1.807, 2.05) is 4.90 Å². The summed E-state index contributed by atoms with van der Waals surface area (Å²) in [5, 5.41) is 5.19. The lowest BCUT2D eigenvalue weighted by Crippen LogP contribution is -2.34. The summed E-state index contributed by atoms with van der Waals surface area (Å²) in [6, 6.07) is 8.33. The lowest BCUT2D eigenvalue weighted by Gasteiger charge is -2.23. The Morgan fingerprint density at radius 2 is 1.80 bits per heavy atom. The molecule has 30 heavy (non-hydrogen) atoms. The molecule has 0 aliphatic carbocycles. The predicted molar refractivity (Wildman–Crippen MR) is 114 cm³/mol. The smallest absolute Gasteiger partial charge is 0.370 e. The summed E-state index contributed by atoms with van der Waals surface area (Å²) in [5.41, 5.74) is 1.62. The van der Waals surface area contributed by atoms with Gasteiger partial charge in [0.05, 0.1) is 28.7 Å². The number of carbonyl (C=O) groups is 1. The fourth-order valence-corrected chi connectivity index (χ4v) is 4.02. The average Bonchev–Trinajstić information content (AvgIpc) is 3.38. The Morgan fingerprint density at radius 1 is 1.07 bits per heavy atom. The zero-order valence-electron chi connectivity index (χ0n) is 15.5. The third-order valence-corrected chi connectivity index (χ3v) is 5.52. The molecule has 0 radical (unpaired) electrons. The van der Waals surface area contributed by atoms with Crippen molar-refractivity contribution in [3.63, 3.8) is 0 Å². The van der Waals surface area contributed by atoms with E-state index >= 15 is 0 Å².